The van der Waals surface area contributed by atoms with Gasteiger partial charge in [-0.15, -0.1) is 0 Å². The van der Waals surface area contributed by atoms with E-state index in [4.69, 9.17) is 0 Å². The molecule has 1 atom stereocenters. The molecular weight excluding hydrogens is 266 g/mol. The fourth-order valence-electron chi connectivity index (χ4n) is 4.03. The molecule has 2 aliphatic rings. The van der Waals surface area contributed by atoms with E-state index in [1.807, 2.05) is 0 Å². The number of benzene rings is 2. The molecule has 2 aromatic rings. The Morgan fingerprint density at radius 1 is 0.909 bits per heavy atom. The van der Waals surface area contributed by atoms with Gasteiger partial charge >= 0.3 is 0 Å². The van der Waals surface area contributed by atoms with Gasteiger partial charge in [-0.3, -0.25) is 0 Å². The number of aryl methyl sites for hydroxylation is 1. The molecule has 22 heavy (non-hydrogen) atoms. The Labute approximate surface area is 133 Å². The predicted molar refractivity (Wildman–Crippen MR) is 92.9 cm³/mol. The van der Waals surface area contributed by atoms with E-state index >= 15 is 0 Å². The first-order valence-corrected chi connectivity index (χ1v) is 8.36. The van der Waals surface area contributed by atoms with Crippen LogP contribution in [0.15, 0.2) is 54.1 Å². The average Bonchev–Trinajstić information content (AvgIpc) is 2.76. The van der Waals surface area contributed by atoms with Crippen LogP contribution >= 0.6 is 0 Å². The van der Waals surface area contributed by atoms with Crippen molar-refractivity contribution in [3.8, 4) is 0 Å². The van der Waals surface area contributed by atoms with E-state index in [1.165, 1.54) is 36.0 Å². The van der Waals surface area contributed by atoms with E-state index in [0.29, 0.717) is 5.92 Å². The van der Waals surface area contributed by atoms with E-state index in [2.05, 4.69) is 66.6 Å². The molecule has 4 rings (SSSR count). The van der Waals surface area contributed by atoms with Gasteiger partial charge in [-0.2, -0.15) is 0 Å². The fourth-order valence-corrected chi connectivity index (χ4v) is 4.03. The van der Waals surface area contributed by atoms with Gasteiger partial charge < -0.3 is 4.90 Å². The Morgan fingerprint density at radius 2 is 1.68 bits per heavy atom. The number of hydrogen-bond acceptors (Lipinski definition) is 1. The van der Waals surface area contributed by atoms with Crippen molar-refractivity contribution in [2.75, 3.05) is 13.6 Å². The van der Waals surface area contributed by atoms with Gasteiger partial charge in [-0.05, 0) is 48.6 Å². The molecule has 2 aromatic carbocycles. The smallest absolute Gasteiger partial charge is 0.0234 e. The molecule has 0 amide bonds. The summed E-state index contributed by atoms with van der Waals surface area (Å²) < 4.78 is 0. The highest BCUT2D eigenvalue weighted by molar-refractivity contribution is 5.60. The Morgan fingerprint density at radius 3 is 2.59 bits per heavy atom. The van der Waals surface area contributed by atoms with Gasteiger partial charge in [0.25, 0.3) is 0 Å². The summed E-state index contributed by atoms with van der Waals surface area (Å²) >= 11 is 0. The summed E-state index contributed by atoms with van der Waals surface area (Å²) in [5, 5.41) is 0. The lowest BCUT2D eigenvalue weighted by Gasteiger charge is -2.33. The monoisotopic (exact) mass is 289 g/mol. The molecule has 1 nitrogen and oxygen atoms in total. The maximum atomic E-state index is 2.48. The minimum atomic E-state index is 0.557. The molecule has 0 N–H and O–H groups in total. The standard InChI is InChI=1S/C21H23N/c1-22-14-19-9-4-5-12-20(19)21(15-22)18-11-6-10-16-7-2-3-8-17(16)13-18/h2-5,7-9,12-13,21H,6,10-11,14-15H2,1H3. The molecule has 0 saturated carbocycles. The first-order valence-electron chi connectivity index (χ1n) is 8.36. The minimum absolute atomic E-state index is 0.557. The second-order valence-corrected chi connectivity index (χ2v) is 6.72. The molecule has 112 valence electrons. The summed E-state index contributed by atoms with van der Waals surface area (Å²) in [5.41, 5.74) is 7.60. The van der Waals surface area contributed by atoms with E-state index < -0.39 is 0 Å². The van der Waals surface area contributed by atoms with Crippen molar-refractivity contribution < 1.29 is 0 Å². The van der Waals surface area contributed by atoms with Crippen molar-refractivity contribution in [1.82, 2.24) is 4.90 Å². The summed E-state index contributed by atoms with van der Waals surface area (Å²) in [5.74, 6) is 0.557. The number of rotatable bonds is 1. The molecular formula is C21H23N. The van der Waals surface area contributed by atoms with Gasteiger partial charge in [0.15, 0.2) is 0 Å². The van der Waals surface area contributed by atoms with Crippen LogP contribution in [-0.2, 0) is 13.0 Å². The maximum absolute atomic E-state index is 2.48. The number of fused-ring (bicyclic) bond motifs is 2. The van der Waals surface area contributed by atoms with Crippen LogP contribution in [-0.4, -0.2) is 18.5 Å². The summed E-state index contributed by atoms with van der Waals surface area (Å²) in [6.45, 7) is 2.22. The molecule has 1 heterocycles. The van der Waals surface area contributed by atoms with Crippen LogP contribution in [0.2, 0.25) is 0 Å². The molecule has 1 aliphatic carbocycles. The zero-order valence-electron chi connectivity index (χ0n) is 13.3. The van der Waals surface area contributed by atoms with Crippen molar-refractivity contribution in [3.05, 3.63) is 76.4 Å². The Bertz CT molecular complexity index is 713. The van der Waals surface area contributed by atoms with Crippen LogP contribution in [0.4, 0.5) is 0 Å². The van der Waals surface area contributed by atoms with Crippen molar-refractivity contribution >= 4 is 6.08 Å². The highest BCUT2D eigenvalue weighted by atomic mass is 15.1. The third kappa shape index (κ3) is 2.50. The summed E-state index contributed by atoms with van der Waals surface area (Å²) in [6, 6.07) is 17.9. The number of nitrogens with zero attached hydrogens (tertiary/aromatic N) is 1. The first kappa shape index (κ1) is 13.8. The van der Waals surface area contributed by atoms with E-state index in [0.717, 1.165) is 13.1 Å². The van der Waals surface area contributed by atoms with Gasteiger partial charge in [0.1, 0.15) is 0 Å². The van der Waals surface area contributed by atoms with Gasteiger partial charge in [-0.25, -0.2) is 0 Å². The van der Waals surface area contributed by atoms with Crippen LogP contribution in [0, 0.1) is 0 Å². The quantitative estimate of drug-likeness (QED) is 0.739. The van der Waals surface area contributed by atoms with Gasteiger partial charge in [-0.1, -0.05) is 60.2 Å². The van der Waals surface area contributed by atoms with Gasteiger partial charge in [0.05, 0.1) is 0 Å². The lowest BCUT2D eigenvalue weighted by atomic mass is 9.82. The van der Waals surface area contributed by atoms with Crippen LogP contribution in [0.1, 0.15) is 41.0 Å². The highest BCUT2D eigenvalue weighted by Gasteiger charge is 2.26. The summed E-state index contributed by atoms with van der Waals surface area (Å²) in [4.78, 5) is 2.46. The van der Waals surface area contributed by atoms with Crippen LogP contribution in [0.25, 0.3) is 6.08 Å². The average molecular weight is 289 g/mol. The lowest BCUT2D eigenvalue weighted by Crippen LogP contribution is -2.31. The van der Waals surface area contributed by atoms with E-state index in [1.54, 1.807) is 11.1 Å². The topological polar surface area (TPSA) is 3.24 Å². The maximum Gasteiger partial charge on any atom is 0.0234 e. The molecule has 0 saturated heterocycles. The van der Waals surface area contributed by atoms with Crippen LogP contribution in [0.3, 0.4) is 0 Å². The fraction of sp³-hybridized carbons (Fsp3) is 0.333. The molecule has 0 spiro atoms. The van der Waals surface area contributed by atoms with E-state index in [9.17, 15) is 0 Å². The van der Waals surface area contributed by atoms with Gasteiger partial charge in [0, 0.05) is 19.0 Å². The molecule has 0 bridgehead atoms. The van der Waals surface area contributed by atoms with Crippen molar-refractivity contribution in [2.45, 2.75) is 31.7 Å². The van der Waals surface area contributed by atoms with E-state index in [-0.39, 0.29) is 0 Å². The zero-order valence-corrected chi connectivity index (χ0v) is 13.3. The SMILES string of the molecule is CN1Cc2ccccc2C(C2=Cc3ccccc3CCC2)C1. The van der Waals surface area contributed by atoms with Crippen LogP contribution < -0.4 is 0 Å². The molecule has 0 aromatic heterocycles. The van der Waals surface area contributed by atoms with Gasteiger partial charge in [0.2, 0.25) is 0 Å². The zero-order chi connectivity index (χ0) is 14.9. The Hall–Kier alpha value is -1.86. The molecule has 0 fully saturated rings. The summed E-state index contributed by atoms with van der Waals surface area (Å²) in [7, 11) is 2.24. The third-order valence-electron chi connectivity index (χ3n) is 5.12. The Kier molecular flexibility index (Phi) is 3.59. The molecule has 1 aliphatic heterocycles. The largest absolute Gasteiger partial charge is 0.301 e. The van der Waals surface area contributed by atoms with Crippen molar-refractivity contribution in [3.63, 3.8) is 0 Å². The second-order valence-electron chi connectivity index (χ2n) is 6.72. The lowest BCUT2D eigenvalue weighted by molar-refractivity contribution is 0.292. The number of hydrogen-bond donors (Lipinski definition) is 0. The normalized spacial score (nSPS) is 21.5. The minimum Gasteiger partial charge on any atom is -0.301 e. The predicted octanol–water partition coefficient (Wildman–Crippen LogP) is 4.64. The number of likely N-dealkylation sites (N-methyl/N-ethyl adjacent to an activating group) is 1. The van der Waals surface area contributed by atoms with Crippen molar-refractivity contribution in [1.29, 1.82) is 0 Å². The second kappa shape index (κ2) is 5.73. The van der Waals surface area contributed by atoms with Crippen molar-refractivity contribution in [2.24, 2.45) is 0 Å². The van der Waals surface area contributed by atoms with Crippen LogP contribution in [0.5, 0.6) is 0 Å². The molecule has 1 unspecified atom stereocenters. The third-order valence-corrected chi connectivity index (χ3v) is 5.12. The molecule has 1 heteroatoms. The summed E-state index contributed by atoms with van der Waals surface area (Å²) in [6.07, 6.45) is 6.18. The Balaban J connectivity index is 1.77. The molecule has 0 radical (unpaired) electrons. The first-order chi connectivity index (χ1) is 10.8. The highest BCUT2D eigenvalue weighted by Crippen LogP contribution is 2.37.